The summed E-state index contributed by atoms with van der Waals surface area (Å²) in [5, 5.41) is 2.73. The van der Waals surface area contributed by atoms with Gasteiger partial charge in [0, 0.05) is 44.9 Å². The van der Waals surface area contributed by atoms with E-state index in [1.54, 1.807) is 11.8 Å². The van der Waals surface area contributed by atoms with Crippen molar-refractivity contribution in [2.75, 3.05) is 44.2 Å². The van der Waals surface area contributed by atoms with Crippen LogP contribution in [-0.4, -0.2) is 65.8 Å². The summed E-state index contributed by atoms with van der Waals surface area (Å²) in [5.74, 6) is 1.81. The second kappa shape index (κ2) is 10.4. The summed E-state index contributed by atoms with van der Waals surface area (Å²) < 4.78 is 0. The molecule has 0 unspecified atom stereocenters. The van der Waals surface area contributed by atoms with E-state index in [0.717, 1.165) is 44.2 Å². The van der Waals surface area contributed by atoms with Gasteiger partial charge in [-0.1, -0.05) is 37.3 Å². The number of thioether (sulfide) groups is 1. The van der Waals surface area contributed by atoms with Gasteiger partial charge in [0.05, 0.1) is 6.54 Å². The van der Waals surface area contributed by atoms with Crippen LogP contribution in [0.25, 0.3) is 0 Å². The number of carbonyl (C=O) groups excluding carboxylic acids is 2. The number of hydrogen-bond acceptors (Lipinski definition) is 4. The topological polar surface area (TPSA) is 52.7 Å². The molecule has 6 heteroatoms. The molecule has 2 rings (SSSR count). The molecule has 24 heavy (non-hydrogen) atoms. The molecule has 0 bridgehead atoms. The molecule has 1 aromatic rings. The zero-order chi connectivity index (χ0) is 17.2. The zero-order valence-electron chi connectivity index (χ0n) is 14.4. The first-order chi connectivity index (χ1) is 11.7. The third kappa shape index (κ3) is 6.53. The monoisotopic (exact) mass is 349 g/mol. The van der Waals surface area contributed by atoms with Gasteiger partial charge in [-0.25, -0.2) is 0 Å². The molecule has 1 aliphatic heterocycles. The van der Waals surface area contributed by atoms with Crippen LogP contribution in [0.4, 0.5) is 0 Å². The van der Waals surface area contributed by atoms with Crippen LogP contribution in [0.5, 0.6) is 0 Å². The van der Waals surface area contributed by atoms with Gasteiger partial charge in [-0.15, -0.1) is 0 Å². The summed E-state index contributed by atoms with van der Waals surface area (Å²) in [6.45, 7) is 6.33. The predicted molar refractivity (Wildman–Crippen MR) is 98.9 cm³/mol. The maximum atomic E-state index is 12.2. The van der Waals surface area contributed by atoms with E-state index in [4.69, 9.17) is 0 Å². The van der Waals surface area contributed by atoms with Gasteiger partial charge in [0.25, 0.3) is 0 Å². The fourth-order valence-electron chi connectivity index (χ4n) is 2.68. The van der Waals surface area contributed by atoms with E-state index in [1.165, 1.54) is 5.56 Å². The summed E-state index contributed by atoms with van der Waals surface area (Å²) in [5.41, 5.74) is 1.30. The van der Waals surface area contributed by atoms with Crippen LogP contribution in [0.15, 0.2) is 30.3 Å². The van der Waals surface area contributed by atoms with Crippen LogP contribution in [0.3, 0.4) is 0 Å². The second-order valence-corrected chi connectivity index (χ2v) is 7.26. The minimum absolute atomic E-state index is 0.0193. The Morgan fingerprint density at radius 2 is 1.83 bits per heavy atom. The highest BCUT2D eigenvalue weighted by atomic mass is 32.2. The lowest BCUT2D eigenvalue weighted by Crippen LogP contribution is -2.50. The maximum Gasteiger partial charge on any atom is 0.242 e. The van der Waals surface area contributed by atoms with E-state index in [9.17, 15) is 9.59 Å². The van der Waals surface area contributed by atoms with Crippen molar-refractivity contribution in [1.82, 2.24) is 15.1 Å². The molecule has 0 spiro atoms. The largest absolute Gasteiger partial charge is 0.347 e. The number of nitrogens with one attached hydrogen (secondary N) is 1. The van der Waals surface area contributed by atoms with Gasteiger partial charge in [-0.2, -0.15) is 11.8 Å². The normalized spacial score (nSPS) is 15.3. The molecule has 1 fully saturated rings. The smallest absolute Gasteiger partial charge is 0.242 e. The van der Waals surface area contributed by atoms with Crippen molar-refractivity contribution in [2.45, 2.75) is 19.9 Å². The van der Waals surface area contributed by atoms with Crippen LogP contribution < -0.4 is 5.32 Å². The molecule has 132 valence electrons. The molecule has 1 saturated heterocycles. The Hall–Kier alpha value is -1.53. The third-order valence-corrected chi connectivity index (χ3v) is 4.99. The van der Waals surface area contributed by atoms with Gasteiger partial charge >= 0.3 is 0 Å². The van der Waals surface area contributed by atoms with Gasteiger partial charge in [-0.05, 0) is 11.3 Å². The Balaban J connectivity index is 1.64. The highest BCUT2D eigenvalue weighted by Gasteiger charge is 2.21. The first kappa shape index (κ1) is 18.8. The lowest BCUT2D eigenvalue weighted by molar-refractivity contribution is -0.134. The molecule has 0 saturated carbocycles. The van der Waals surface area contributed by atoms with Crippen molar-refractivity contribution in [3.63, 3.8) is 0 Å². The lowest BCUT2D eigenvalue weighted by atomic mass is 10.2. The number of piperazine rings is 1. The molecular weight excluding hydrogens is 322 g/mol. The standard InChI is InChI=1S/C18H27N3O2S/c1-2-24-13-8-17(22)19-14-18(23)21-11-9-20(10-12-21)15-16-6-4-3-5-7-16/h3-7H,2,8-15H2,1H3,(H,19,22). The molecule has 1 aromatic carbocycles. The molecule has 5 nitrogen and oxygen atoms in total. The van der Waals surface area contributed by atoms with Crippen LogP contribution in [-0.2, 0) is 16.1 Å². The Morgan fingerprint density at radius 3 is 2.50 bits per heavy atom. The van der Waals surface area contributed by atoms with E-state index in [2.05, 4.69) is 41.4 Å². The highest BCUT2D eigenvalue weighted by molar-refractivity contribution is 7.99. The van der Waals surface area contributed by atoms with Crippen LogP contribution in [0, 0.1) is 0 Å². The lowest BCUT2D eigenvalue weighted by Gasteiger charge is -2.34. The highest BCUT2D eigenvalue weighted by Crippen LogP contribution is 2.08. The molecule has 0 aliphatic carbocycles. The van der Waals surface area contributed by atoms with Crippen molar-refractivity contribution >= 4 is 23.6 Å². The van der Waals surface area contributed by atoms with E-state index in [-0.39, 0.29) is 18.4 Å². The van der Waals surface area contributed by atoms with Crippen molar-refractivity contribution in [3.05, 3.63) is 35.9 Å². The van der Waals surface area contributed by atoms with Crippen molar-refractivity contribution < 1.29 is 9.59 Å². The molecule has 0 atom stereocenters. The molecule has 2 amide bonds. The minimum atomic E-state index is -0.0352. The van der Waals surface area contributed by atoms with Gasteiger partial charge in [0.2, 0.25) is 11.8 Å². The third-order valence-electron chi connectivity index (χ3n) is 4.09. The van der Waals surface area contributed by atoms with E-state index < -0.39 is 0 Å². The van der Waals surface area contributed by atoms with Crippen molar-refractivity contribution in [3.8, 4) is 0 Å². The molecule has 0 radical (unpaired) electrons. The molecule has 0 aromatic heterocycles. The number of rotatable bonds is 8. The summed E-state index contributed by atoms with van der Waals surface area (Å²) >= 11 is 1.74. The summed E-state index contributed by atoms with van der Waals surface area (Å²) in [6.07, 6.45) is 0.483. The van der Waals surface area contributed by atoms with Crippen molar-refractivity contribution in [2.24, 2.45) is 0 Å². The van der Waals surface area contributed by atoms with Gasteiger partial charge in [-0.3, -0.25) is 14.5 Å². The van der Waals surface area contributed by atoms with Gasteiger partial charge < -0.3 is 10.2 Å². The Labute approximate surface area is 148 Å². The number of carbonyl (C=O) groups is 2. The fraction of sp³-hybridized carbons (Fsp3) is 0.556. The molecule has 1 aliphatic rings. The first-order valence-electron chi connectivity index (χ1n) is 8.57. The maximum absolute atomic E-state index is 12.2. The van der Waals surface area contributed by atoms with Crippen molar-refractivity contribution in [1.29, 1.82) is 0 Å². The Morgan fingerprint density at radius 1 is 1.12 bits per heavy atom. The second-order valence-electron chi connectivity index (χ2n) is 5.87. The number of amides is 2. The van der Waals surface area contributed by atoms with E-state index in [1.807, 2.05) is 11.0 Å². The quantitative estimate of drug-likeness (QED) is 0.724. The van der Waals surface area contributed by atoms with Crippen LogP contribution >= 0.6 is 11.8 Å². The molecular formula is C18H27N3O2S. The fourth-order valence-corrected chi connectivity index (χ4v) is 3.30. The average Bonchev–Trinajstić information content (AvgIpc) is 2.61. The SMILES string of the molecule is CCSCCC(=O)NCC(=O)N1CCN(Cc2ccccc2)CC1. The minimum Gasteiger partial charge on any atom is -0.347 e. The van der Waals surface area contributed by atoms with Gasteiger partial charge in [0.15, 0.2) is 0 Å². The summed E-state index contributed by atoms with van der Waals surface area (Å²) in [7, 11) is 0. The summed E-state index contributed by atoms with van der Waals surface area (Å²) in [6, 6.07) is 10.4. The number of hydrogen-bond donors (Lipinski definition) is 1. The van der Waals surface area contributed by atoms with Gasteiger partial charge in [0.1, 0.15) is 0 Å². The molecule has 1 heterocycles. The van der Waals surface area contributed by atoms with Crippen LogP contribution in [0.1, 0.15) is 18.9 Å². The predicted octanol–water partition coefficient (Wildman–Crippen LogP) is 1.59. The average molecular weight is 350 g/mol. The number of benzene rings is 1. The Bertz CT molecular complexity index is 516. The van der Waals surface area contributed by atoms with E-state index in [0.29, 0.717) is 6.42 Å². The number of nitrogens with zero attached hydrogens (tertiary/aromatic N) is 2. The molecule has 1 N–H and O–H groups in total. The zero-order valence-corrected chi connectivity index (χ0v) is 15.2. The summed E-state index contributed by atoms with van der Waals surface area (Å²) in [4.78, 5) is 28.1. The van der Waals surface area contributed by atoms with Crippen LogP contribution in [0.2, 0.25) is 0 Å². The van der Waals surface area contributed by atoms with E-state index >= 15 is 0 Å². The first-order valence-corrected chi connectivity index (χ1v) is 9.73. The Kier molecular flexibility index (Phi) is 8.12.